The van der Waals surface area contributed by atoms with Crippen LogP contribution >= 0.6 is 0 Å². The summed E-state index contributed by atoms with van der Waals surface area (Å²) < 4.78 is 0. The summed E-state index contributed by atoms with van der Waals surface area (Å²) in [5.41, 5.74) is 2.36. The van der Waals surface area contributed by atoms with Gasteiger partial charge in [-0.25, -0.2) is 0 Å². The number of anilines is 1. The molecule has 0 aliphatic carbocycles. The van der Waals surface area contributed by atoms with Gasteiger partial charge >= 0.3 is 0 Å². The molecule has 94 valence electrons. The van der Waals surface area contributed by atoms with Crippen LogP contribution in [0.4, 0.5) is 5.69 Å². The van der Waals surface area contributed by atoms with Gasteiger partial charge in [0.25, 0.3) is 0 Å². The minimum atomic E-state index is 0.124. The van der Waals surface area contributed by atoms with Crippen molar-refractivity contribution in [3.05, 3.63) is 29.8 Å². The molecule has 1 amide bonds. The number of nitrogens with zero attached hydrogens (tertiary/aromatic N) is 1. The molecule has 0 radical (unpaired) electrons. The third-order valence-electron chi connectivity index (χ3n) is 2.87. The number of amides is 1. The van der Waals surface area contributed by atoms with Gasteiger partial charge in [0.1, 0.15) is 0 Å². The minimum absolute atomic E-state index is 0.124. The number of likely N-dealkylation sites (N-methyl/N-ethyl adjacent to an activating group) is 1. The quantitative estimate of drug-likeness (QED) is 0.820. The molecule has 0 unspecified atom stereocenters. The van der Waals surface area contributed by atoms with E-state index < -0.39 is 0 Å². The number of benzene rings is 1. The first-order valence-corrected chi connectivity index (χ1v) is 6.24. The van der Waals surface area contributed by atoms with Gasteiger partial charge in [-0.1, -0.05) is 31.5 Å². The SMILES string of the molecule is CCCc1ccccc1NCC(=O)N(C)CC. The van der Waals surface area contributed by atoms with E-state index in [0.717, 1.165) is 25.1 Å². The maximum absolute atomic E-state index is 11.7. The van der Waals surface area contributed by atoms with Crippen molar-refractivity contribution in [2.75, 3.05) is 25.5 Å². The second kappa shape index (κ2) is 6.94. The highest BCUT2D eigenvalue weighted by molar-refractivity contribution is 5.80. The fourth-order valence-corrected chi connectivity index (χ4v) is 1.66. The van der Waals surface area contributed by atoms with E-state index in [1.54, 1.807) is 4.90 Å². The molecule has 3 heteroatoms. The number of nitrogens with one attached hydrogen (secondary N) is 1. The Morgan fingerprint density at radius 3 is 2.65 bits per heavy atom. The van der Waals surface area contributed by atoms with Gasteiger partial charge in [0.05, 0.1) is 6.54 Å². The zero-order valence-electron chi connectivity index (χ0n) is 11.0. The van der Waals surface area contributed by atoms with E-state index in [1.807, 2.05) is 32.2 Å². The van der Waals surface area contributed by atoms with Crippen molar-refractivity contribution in [1.82, 2.24) is 4.90 Å². The highest BCUT2D eigenvalue weighted by Gasteiger charge is 2.07. The molecule has 1 rings (SSSR count). The number of hydrogen-bond acceptors (Lipinski definition) is 2. The highest BCUT2D eigenvalue weighted by atomic mass is 16.2. The van der Waals surface area contributed by atoms with Gasteiger partial charge in [-0.3, -0.25) is 4.79 Å². The van der Waals surface area contributed by atoms with Crippen molar-refractivity contribution < 1.29 is 4.79 Å². The summed E-state index contributed by atoms with van der Waals surface area (Å²) in [6.45, 7) is 5.25. The van der Waals surface area contributed by atoms with E-state index in [4.69, 9.17) is 0 Å². The van der Waals surface area contributed by atoms with Crippen LogP contribution in [0.3, 0.4) is 0 Å². The third kappa shape index (κ3) is 4.10. The topological polar surface area (TPSA) is 32.3 Å². The van der Waals surface area contributed by atoms with E-state index in [2.05, 4.69) is 18.3 Å². The lowest BCUT2D eigenvalue weighted by Crippen LogP contribution is -2.32. The normalized spacial score (nSPS) is 10.1. The Hall–Kier alpha value is -1.51. The standard InChI is InChI=1S/C14H22N2O/c1-4-8-12-9-6-7-10-13(12)15-11-14(17)16(3)5-2/h6-7,9-10,15H,4-5,8,11H2,1-3H3. The van der Waals surface area contributed by atoms with Crippen LogP contribution in [0.2, 0.25) is 0 Å². The smallest absolute Gasteiger partial charge is 0.241 e. The van der Waals surface area contributed by atoms with Crippen molar-refractivity contribution in [2.24, 2.45) is 0 Å². The van der Waals surface area contributed by atoms with Crippen LogP contribution in [0.15, 0.2) is 24.3 Å². The molecule has 1 aromatic rings. The summed E-state index contributed by atoms with van der Waals surface area (Å²) in [6.07, 6.45) is 2.16. The number of aryl methyl sites for hydroxylation is 1. The largest absolute Gasteiger partial charge is 0.376 e. The second-order valence-corrected chi connectivity index (χ2v) is 4.17. The average molecular weight is 234 g/mol. The molecule has 3 nitrogen and oxygen atoms in total. The predicted molar refractivity (Wildman–Crippen MR) is 72.2 cm³/mol. The first-order valence-electron chi connectivity index (χ1n) is 6.24. The summed E-state index contributed by atoms with van der Waals surface area (Å²) in [4.78, 5) is 13.4. The lowest BCUT2D eigenvalue weighted by atomic mass is 10.1. The number of carbonyl (C=O) groups excluding carboxylic acids is 1. The van der Waals surface area contributed by atoms with Crippen molar-refractivity contribution in [3.8, 4) is 0 Å². The molecule has 0 fully saturated rings. The van der Waals surface area contributed by atoms with Gasteiger partial charge in [0.15, 0.2) is 0 Å². The first kappa shape index (κ1) is 13.6. The Morgan fingerprint density at radius 1 is 1.29 bits per heavy atom. The summed E-state index contributed by atoms with van der Waals surface area (Å²) in [5.74, 6) is 0.124. The summed E-state index contributed by atoms with van der Waals surface area (Å²) in [6, 6.07) is 8.18. The van der Waals surface area contributed by atoms with Crippen LogP contribution in [0.25, 0.3) is 0 Å². The minimum Gasteiger partial charge on any atom is -0.376 e. The molecule has 0 aromatic heterocycles. The maximum Gasteiger partial charge on any atom is 0.241 e. The number of rotatable bonds is 6. The van der Waals surface area contributed by atoms with Gasteiger partial charge in [-0.2, -0.15) is 0 Å². The van der Waals surface area contributed by atoms with Crippen LogP contribution in [0.1, 0.15) is 25.8 Å². The maximum atomic E-state index is 11.7. The van der Waals surface area contributed by atoms with Crippen LogP contribution in [-0.2, 0) is 11.2 Å². The van der Waals surface area contributed by atoms with Gasteiger partial charge in [-0.05, 0) is 25.0 Å². The molecule has 1 N–H and O–H groups in total. The van der Waals surface area contributed by atoms with Crippen molar-refractivity contribution in [1.29, 1.82) is 0 Å². The van der Waals surface area contributed by atoms with Gasteiger partial charge < -0.3 is 10.2 Å². The van der Waals surface area contributed by atoms with Gasteiger partial charge in [-0.15, -0.1) is 0 Å². The molecule has 0 heterocycles. The molecule has 17 heavy (non-hydrogen) atoms. The Kier molecular flexibility index (Phi) is 5.53. The van der Waals surface area contributed by atoms with Gasteiger partial charge in [0.2, 0.25) is 5.91 Å². The van der Waals surface area contributed by atoms with Crippen LogP contribution in [0, 0.1) is 0 Å². The molecule has 0 bridgehead atoms. The van der Waals surface area contributed by atoms with Crippen LogP contribution < -0.4 is 5.32 Å². The summed E-state index contributed by atoms with van der Waals surface area (Å²) in [5, 5.41) is 3.22. The van der Waals surface area contributed by atoms with E-state index in [1.165, 1.54) is 5.56 Å². The predicted octanol–water partition coefficient (Wildman–Crippen LogP) is 2.53. The van der Waals surface area contributed by atoms with E-state index in [-0.39, 0.29) is 5.91 Å². The number of carbonyl (C=O) groups is 1. The zero-order chi connectivity index (χ0) is 12.7. The second-order valence-electron chi connectivity index (χ2n) is 4.17. The van der Waals surface area contributed by atoms with Crippen molar-refractivity contribution in [3.63, 3.8) is 0 Å². The zero-order valence-corrected chi connectivity index (χ0v) is 11.0. The van der Waals surface area contributed by atoms with Crippen LogP contribution in [-0.4, -0.2) is 30.9 Å². The molecule has 0 saturated heterocycles. The number of hydrogen-bond donors (Lipinski definition) is 1. The monoisotopic (exact) mass is 234 g/mol. The first-order chi connectivity index (χ1) is 8.19. The average Bonchev–Trinajstić information content (AvgIpc) is 2.36. The fourth-order valence-electron chi connectivity index (χ4n) is 1.66. The summed E-state index contributed by atoms with van der Waals surface area (Å²) >= 11 is 0. The molecule has 0 saturated carbocycles. The Balaban J connectivity index is 2.59. The molecular weight excluding hydrogens is 212 g/mol. The molecule has 0 spiro atoms. The lowest BCUT2D eigenvalue weighted by Gasteiger charge is -2.16. The summed E-state index contributed by atoms with van der Waals surface area (Å²) in [7, 11) is 1.82. The number of para-hydroxylation sites is 1. The fraction of sp³-hybridized carbons (Fsp3) is 0.500. The van der Waals surface area contributed by atoms with Crippen molar-refractivity contribution in [2.45, 2.75) is 26.7 Å². The van der Waals surface area contributed by atoms with E-state index >= 15 is 0 Å². The lowest BCUT2D eigenvalue weighted by molar-refractivity contribution is -0.127. The Labute approximate surface area is 104 Å². The van der Waals surface area contributed by atoms with Crippen molar-refractivity contribution >= 4 is 11.6 Å². The van der Waals surface area contributed by atoms with Crippen LogP contribution in [0.5, 0.6) is 0 Å². The highest BCUT2D eigenvalue weighted by Crippen LogP contribution is 2.16. The van der Waals surface area contributed by atoms with E-state index in [9.17, 15) is 4.79 Å². The molecular formula is C14H22N2O. The third-order valence-corrected chi connectivity index (χ3v) is 2.87. The molecule has 1 aromatic carbocycles. The van der Waals surface area contributed by atoms with E-state index in [0.29, 0.717) is 6.54 Å². The Morgan fingerprint density at radius 2 is 2.00 bits per heavy atom. The molecule has 0 aliphatic rings. The Bertz CT molecular complexity index is 363. The molecule has 0 atom stereocenters. The molecule has 0 aliphatic heterocycles. The van der Waals surface area contributed by atoms with Gasteiger partial charge in [0, 0.05) is 19.3 Å².